The van der Waals surface area contributed by atoms with Gasteiger partial charge in [0.25, 0.3) is 0 Å². The van der Waals surface area contributed by atoms with Gasteiger partial charge in [0.05, 0.1) is 17.3 Å². The molecule has 2 atom stereocenters. The summed E-state index contributed by atoms with van der Waals surface area (Å²) >= 11 is 0. The van der Waals surface area contributed by atoms with Crippen molar-refractivity contribution in [3.8, 4) is 0 Å². The summed E-state index contributed by atoms with van der Waals surface area (Å²) in [4.78, 5) is 0. The van der Waals surface area contributed by atoms with Crippen molar-refractivity contribution < 1.29 is 5.11 Å². The van der Waals surface area contributed by atoms with Crippen LogP contribution in [0.5, 0.6) is 0 Å². The van der Waals surface area contributed by atoms with Crippen molar-refractivity contribution in [1.29, 1.82) is 0 Å². The SMILES string of the molecule is CCn1nc(CNCC2CNCC2O)c2ccccc21.Cl. The fraction of sp³-hybridized carbons (Fsp3) is 0.533. The van der Waals surface area contributed by atoms with Gasteiger partial charge in [-0.15, -0.1) is 12.4 Å². The number of fused-ring (bicyclic) bond motifs is 1. The molecule has 0 saturated carbocycles. The number of rotatable bonds is 5. The highest BCUT2D eigenvalue weighted by Crippen LogP contribution is 2.18. The van der Waals surface area contributed by atoms with Crippen LogP contribution in [0.1, 0.15) is 12.6 Å². The van der Waals surface area contributed by atoms with Crippen LogP contribution in [0.25, 0.3) is 10.9 Å². The molecule has 1 aromatic heterocycles. The summed E-state index contributed by atoms with van der Waals surface area (Å²) in [5.74, 6) is 0.300. The van der Waals surface area contributed by atoms with E-state index in [0.29, 0.717) is 12.5 Å². The smallest absolute Gasteiger partial charge is 0.0841 e. The van der Waals surface area contributed by atoms with E-state index in [1.807, 2.05) is 10.7 Å². The lowest BCUT2D eigenvalue weighted by Crippen LogP contribution is -2.30. The predicted octanol–water partition coefficient (Wildman–Crippen LogP) is 1.15. The zero-order valence-corrected chi connectivity index (χ0v) is 13.1. The maximum absolute atomic E-state index is 9.78. The molecule has 0 radical (unpaired) electrons. The molecule has 21 heavy (non-hydrogen) atoms. The lowest BCUT2D eigenvalue weighted by molar-refractivity contribution is 0.146. The van der Waals surface area contributed by atoms with Crippen LogP contribution in [0.4, 0.5) is 0 Å². The number of hydrogen-bond acceptors (Lipinski definition) is 4. The molecule has 116 valence electrons. The quantitative estimate of drug-likeness (QED) is 0.775. The summed E-state index contributed by atoms with van der Waals surface area (Å²) in [5.41, 5.74) is 2.28. The molecule has 0 aliphatic carbocycles. The Bertz CT molecular complexity index is 586. The van der Waals surface area contributed by atoms with Crippen LogP contribution in [-0.2, 0) is 13.1 Å². The van der Waals surface area contributed by atoms with Crippen molar-refractivity contribution in [2.24, 2.45) is 5.92 Å². The monoisotopic (exact) mass is 310 g/mol. The van der Waals surface area contributed by atoms with Gasteiger partial charge in [-0.3, -0.25) is 4.68 Å². The van der Waals surface area contributed by atoms with Crippen molar-refractivity contribution in [1.82, 2.24) is 20.4 Å². The molecule has 1 aliphatic heterocycles. The minimum absolute atomic E-state index is 0. The molecule has 0 amide bonds. The highest BCUT2D eigenvalue weighted by atomic mass is 35.5. The molecule has 2 aromatic rings. The highest BCUT2D eigenvalue weighted by Gasteiger charge is 2.24. The van der Waals surface area contributed by atoms with E-state index in [0.717, 1.165) is 31.9 Å². The molecular weight excluding hydrogens is 288 g/mol. The molecule has 1 aromatic carbocycles. The maximum Gasteiger partial charge on any atom is 0.0841 e. The molecule has 2 heterocycles. The second-order valence-corrected chi connectivity index (χ2v) is 5.40. The Morgan fingerprint density at radius 1 is 1.38 bits per heavy atom. The number of aliphatic hydroxyl groups excluding tert-OH is 1. The molecule has 1 aliphatic rings. The number of aliphatic hydroxyl groups is 1. The summed E-state index contributed by atoms with van der Waals surface area (Å²) < 4.78 is 2.04. The Morgan fingerprint density at radius 2 is 2.19 bits per heavy atom. The minimum Gasteiger partial charge on any atom is -0.391 e. The standard InChI is InChI=1S/C15H22N4O.ClH/c1-2-19-14-6-4-3-5-12(14)13(18-19)9-16-7-11-8-17-10-15(11)20;/h3-6,11,15-17,20H,2,7-10H2,1H3;1H. The van der Waals surface area contributed by atoms with Crippen LogP contribution < -0.4 is 10.6 Å². The lowest BCUT2D eigenvalue weighted by atomic mass is 10.1. The van der Waals surface area contributed by atoms with Crippen molar-refractivity contribution in [3.63, 3.8) is 0 Å². The third-order valence-electron chi connectivity index (χ3n) is 4.04. The van der Waals surface area contributed by atoms with Gasteiger partial charge >= 0.3 is 0 Å². The second-order valence-electron chi connectivity index (χ2n) is 5.40. The Kier molecular flexibility index (Phi) is 5.58. The molecule has 3 N–H and O–H groups in total. The van der Waals surface area contributed by atoms with Gasteiger partial charge in [-0.1, -0.05) is 18.2 Å². The Labute approximate surface area is 131 Å². The first-order valence-corrected chi connectivity index (χ1v) is 7.33. The number of aryl methyl sites for hydroxylation is 1. The minimum atomic E-state index is -0.229. The van der Waals surface area contributed by atoms with Crippen LogP contribution in [-0.4, -0.2) is 40.6 Å². The fourth-order valence-corrected chi connectivity index (χ4v) is 2.87. The first kappa shape index (κ1) is 16.2. The molecule has 1 fully saturated rings. The van der Waals surface area contributed by atoms with E-state index in [4.69, 9.17) is 0 Å². The number of nitrogens with zero attached hydrogens (tertiary/aromatic N) is 2. The van der Waals surface area contributed by atoms with Gasteiger partial charge in [0.1, 0.15) is 0 Å². The van der Waals surface area contributed by atoms with Crippen LogP contribution in [0.2, 0.25) is 0 Å². The first-order valence-electron chi connectivity index (χ1n) is 7.33. The number of hydrogen-bond donors (Lipinski definition) is 3. The molecule has 2 unspecified atom stereocenters. The van der Waals surface area contributed by atoms with E-state index in [1.54, 1.807) is 0 Å². The third kappa shape index (κ3) is 3.37. The summed E-state index contributed by atoms with van der Waals surface area (Å²) in [6.07, 6.45) is -0.229. The number of benzene rings is 1. The number of aromatic nitrogens is 2. The number of halogens is 1. The summed E-state index contributed by atoms with van der Waals surface area (Å²) in [6.45, 7) is 6.15. The van der Waals surface area contributed by atoms with Crippen molar-refractivity contribution >= 4 is 23.3 Å². The summed E-state index contributed by atoms with van der Waals surface area (Å²) in [7, 11) is 0. The van der Waals surface area contributed by atoms with Crippen molar-refractivity contribution in [2.45, 2.75) is 26.1 Å². The van der Waals surface area contributed by atoms with Crippen LogP contribution >= 0.6 is 12.4 Å². The first-order chi connectivity index (χ1) is 9.79. The Balaban J connectivity index is 0.00000161. The van der Waals surface area contributed by atoms with Gasteiger partial charge in [0, 0.05) is 44.0 Å². The zero-order valence-electron chi connectivity index (χ0n) is 12.2. The number of nitrogens with one attached hydrogen (secondary N) is 2. The molecule has 1 saturated heterocycles. The van der Waals surface area contributed by atoms with E-state index in [2.05, 4.69) is 40.9 Å². The third-order valence-corrected chi connectivity index (χ3v) is 4.04. The molecule has 0 bridgehead atoms. The molecule has 3 rings (SSSR count). The van der Waals surface area contributed by atoms with Crippen molar-refractivity contribution in [2.75, 3.05) is 19.6 Å². The van der Waals surface area contributed by atoms with E-state index >= 15 is 0 Å². The number of β-amino-alcohol motifs (C(OH)–C–C–N with tert-alkyl or cyclic N) is 1. The highest BCUT2D eigenvalue weighted by molar-refractivity contribution is 5.85. The number of para-hydroxylation sites is 1. The molecule has 5 nitrogen and oxygen atoms in total. The predicted molar refractivity (Wildman–Crippen MR) is 86.7 cm³/mol. The Hall–Kier alpha value is -1.14. The van der Waals surface area contributed by atoms with E-state index in [9.17, 15) is 5.11 Å². The van der Waals surface area contributed by atoms with Gasteiger partial charge in [-0.2, -0.15) is 5.10 Å². The topological polar surface area (TPSA) is 62.1 Å². The van der Waals surface area contributed by atoms with Crippen molar-refractivity contribution in [3.05, 3.63) is 30.0 Å². The van der Waals surface area contributed by atoms with Crippen LogP contribution in [0.3, 0.4) is 0 Å². The van der Waals surface area contributed by atoms with Gasteiger partial charge in [-0.25, -0.2) is 0 Å². The average Bonchev–Trinajstić information content (AvgIpc) is 3.04. The fourth-order valence-electron chi connectivity index (χ4n) is 2.87. The largest absolute Gasteiger partial charge is 0.391 e. The normalized spacial score (nSPS) is 21.6. The zero-order chi connectivity index (χ0) is 13.9. The second kappa shape index (κ2) is 7.22. The average molecular weight is 311 g/mol. The molecule has 0 spiro atoms. The summed E-state index contributed by atoms with van der Waals surface area (Å²) in [6, 6.07) is 8.34. The van der Waals surface area contributed by atoms with Crippen LogP contribution in [0.15, 0.2) is 24.3 Å². The lowest BCUT2D eigenvalue weighted by Gasteiger charge is -2.13. The molecular formula is C15H23ClN4O. The summed E-state index contributed by atoms with van der Waals surface area (Å²) in [5, 5.41) is 22.3. The van der Waals surface area contributed by atoms with Gasteiger partial charge in [0.2, 0.25) is 0 Å². The van der Waals surface area contributed by atoms with E-state index < -0.39 is 0 Å². The van der Waals surface area contributed by atoms with Gasteiger partial charge < -0.3 is 15.7 Å². The van der Waals surface area contributed by atoms with Gasteiger partial charge in [-0.05, 0) is 13.0 Å². The van der Waals surface area contributed by atoms with E-state index in [-0.39, 0.29) is 18.5 Å². The molecule has 6 heteroatoms. The van der Waals surface area contributed by atoms with E-state index in [1.165, 1.54) is 10.9 Å². The Morgan fingerprint density at radius 3 is 2.90 bits per heavy atom. The maximum atomic E-state index is 9.78. The van der Waals surface area contributed by atoms with Crippen LogP contribution in [0, 0.1) is 5.92 Å². The van der Waals surface area contributed by atoms with Gasteiger partial charge in [0.15, 0.2) is 0 Å².